The summed E-state index contributed by atoms with van der Waals surface area (Å²) in [5.41, 5.74) is 1.23. The number of fused-ring (bicyclic) bond motifs is 2. The second-order valence-corrected chi connectivity index (χ2v) is 9.40. The highest BCUT2D eigenvalue weighted by Gasteiger charge is 2.43. The van der Waals surface area contributed by atoms with Crippen molar-refractivity contribution in [1.29, 1.82) is 0 Å². The van der Waals surface area contributed by atoms with Gasteiger partial charge in [-0.3, -0.25) is 9.89 Å². The summed E-state index contributed by atoms with van der Waals surface area (Å²) in [6.07, 6.45) is 8.62. The second-order valence-electron chi connectivity index (χ2n) is 9.40. The van der Waals surface area contributed by atoms with Crippen LogP contribution in [0.3, 0.4) is 0 Å². The molecule has 3 heterocycles. The number of morpholine rings is 1. The number of halogens is 1. The Morgan fingerprint density at radius 1 is 1.23 bits per heavy atom. The number of hydrogen-bond donors (Lipinski definition) is 2. The molecule has 5 rings (SSSR count). The highest BCUT2D eigenvalue weighted by Crippen LogP contribution is 2.46. The van der Waals surface area contributed by atoms with Crippen LogP contribution in [0, 0.1) is 0 Å². The molecule has 1 aromatic carbocycles. The normalized spacial score (nSPS) is 29.6. The lowest BCUT2D eigenvalue weighted by molar-refractivity contribution is -0.0432. The molecule has 0 amide bonds. The minimum atomic E-state index is -0.0133. The Hall–Kier alpha value is -1.06. The first kappa shape index (κ1) is 23.1. The van der Waals surface area contributed by atoms with Gasteiger partial charge in [0.1, 0.15) is 11.4 Å². The lowest BCUT2D eigenvalue weighted by atomic mass is 9.86. The molecular formula is C24H37IN4O2. The maximum atomic E-state index is 6.52. The zero-order valence-electron chi connectivity index (χ0n) is 18.6. The lowest BCUT2D eigenvalue weighted by Crippen LogP contribution is -2.48. The number of para-hydroxylation sites is 1. The van der Waals surface area contributed by atoms with E-state index in [9.17, 15) is 0 Å². The van der Waals surface area contributed by atoms with Gasteiger partial charge in [-0.05, 0) is 58.1 Å². The number of ether oxygens (including phenoxy) is 2. The van der Waals surface area contributed by atoms with Gasteiger partial charge in [0.15, 0.2) is 5.96 Å². The molecule has 0 aromatic heterocycles. The van der Waals surface area contributed by atoms with Crippen molar-refractivity contribution in [3.63, 3.8) is 0 Å². The van der Waals surface area contributed by atoms with Crippen LogP contribution >= 0.6 is 24.0 Å². The van der Waals surface area contributed by atoms with Crippen LogP contribution in [0.25, 0.3) is 0 Å². The zero-order valence-corrected chi connectivity index (χ0v) is 21.0. The second kappa shape index (κ2) is 10.3. The number of aliphatic imine (C=N–C) groups is 1. The van der Waals surface area contributed by atoms with Gasteiger partial charge in [0, 0.05) is 31.1 Å². The van der Waals surface area contributed by atoms with E-state index in [1.807, 2.05) is 0 Å². The van der Waals surface area contributed by atoms with E-state index in [4.69, 9.17) is 14.5 Å². The average molecular weight is 540 g/mol. The van der Waals surface area contributed by atoms with E-state index >= 15 is 0 Å². The number of guanidine groups is 1. The molecule has 3 atom stereocenters. The lowest BCUT2D eigenvalue weighted by Gasteiger charge is -2.40. The van der Waals surface area contributed by atoms with Gasteiger partial charge in [0.2, 0.25) is 0 Å². The molecule has 2 saturated heterocycles. The molecule has 6 nitrogen and oxygen atoms in total. The van der Waals surface area contributed by atoms with Gasteiger partial charge < -0.3 is 20.1 Å². The van der Waals surface area contributed by atoms with Crippen LogP contribution in [-0.2, 0) is 4.74 Å². The van der Waals surface area contributed by atoms with Crippen LogP contribution in [0.15, 0.2) is 29.3 Å². The molecule has 1 saturated carbocycles. The van der Waals surface area contributed by atoms with Crippen LogP contribution in [-0.4, -0.2) is 61.4 Å². The van der Waals surface area contributed by atoms with E-state index in [2.05, 4.69) is 46.7 Å². The molecule has 7 heteroatoms. The summed E-state index contributed by atoms with van der Waals surface area (Å²) in [5, 5.41) is 7.19. The first-order valence-electron chi connectivity index (χ1n) is 11.9. The highest BCUT2D eigenvalue weighted by atomic mass is 127. The van der Waals surface area contributed by atoms with E-state index in [-0.39, 0.29) is 41.7 Å². The minimum Gasteiger partial charge on any atom is -0.487 e. The number of benzene rings is 1. The summed E-state index contributed by atoms with van der Waals surface area (Å²) in [4.78, 5) is 7.52. The number of hydrogen-bond acceptors (Lipinski definition) is 4. The van der Waals surface area contributed by atoms with Crippen molar-refractivity contribution in [3.8, 4) is 5.75 Å². The van der Waals surface area contributed by atoms with Crippen LogP contribution < -0.4 is 15.4 Å². The first-order chi connectivity index (χ1) is 14.7. The predicted molar refractivity (Wildman–Crippen MR) is 134 cm³/mol. The Morgan fingerprint density at radius 2 is 2.06 bits per heavy atom. The SMILES string of the molecule is CCNC(=NCC1CN2CCCC2CO1)NC1CC2(CCCC2)Oc2ccccc21.I. The fourth-order valence-corrected chi connectivity index (χ4v) is 5.75. The third-order valence-corrected chi connectivity index (χ3v) is 7.28. The Morgan fingerprint density at radius 3 is 2.90 bits per heavy atom. The van der Waals surface area contributed by atoms with Crippen molar-refractivity contribution < 1.29 is 9.47 Å². The summed E-state index contributed by atoms with van der Waals surface area (Å²) in [6.45, 7) is 6.76. The van der Waals surface area contributed by atoms with E-state index in [0.29, 0.717) is 12.6 Å². The topological polar surface area (TPSA) is 58.1 Å². The van der Waals surface area contributed by atoms with E-state index in [1.165, 1.54) is 37.8 Å². The molecule has 1 spiro atoms. The van der Waals surface area contributed by atoms with Gasteiger partial charge in [0.25, 0.3) is 0 Å². The molecule has 0 radical (unpaired) electrons. The number of rotatable bonds is 4. The van der Waals surface area contributed by atoms with E-state index in [1.54, 1.807) is 0 Å². The van der Waals surface area contributed by atoms with Crippen LogP contribution in [0.4, 0.5) is 0 Å². The van der Waals surface area contributed by atoms with Gasteiger partial charge in [0.05, 0.1) is 25.3 Å². The molecule has 172 valence electrons. The summed E-state index contributed by atoms with van der Waals surface area (Å²) in [7, 11) is 0. The van der Waals surface area contributed by atoms with Gasteiger partial charge in [-0.1, -0.05) is 18.2 Å². The summed E-state index contributed by atoms with van der Waals surface area (Å²) >= 11 is 0. The van der Waals surface area contributed by atoms with Crippen LogP contribution in [0.1, 0.15) is 63.5 Å². The Kier molecular flexibility index (Phi) is 7.64. The zero-order chi connectivity index (χ0) is 20.4. The summed E-state index contributed by atoms with van der Waals surface area (Å²) in [5.74, 6) is 1.93. The van der Waals surface area contributed by atoms with E-state index < -0.39 is 0 Å². The average Bonchev–Trinajstić information content (AvgIpc) is 3.41. The Labute approximate surface area is 203 Å². The molecule has 2 N–H and O–H groups in total. The Bertz CT molecular complexity index is 768. The maximum Gasteiger partial charge on any atom is 0.191 e. The Balaban J connectivity index is 0.00000231. The molecule has 31 heavy (non-hydrogen) atoms. The smallest absolute Gasteiger partial charge is 0.191 e. The minimum absolute atomic E-state index is 0. The first-order valence-corrected chi connectivity index (χ1v) is 11.9. The van der Waals surface area contributed by atoms with Crippen molar-refractivity contribution >= 4 is 29.9 Å². The fraction of sp³-hybridized carbons (Fsp3) is 0.708. The molecular weight excluding hydrogens is 503 g/mol. The number of nitrogens with one attached hydrogen (secondary N) is 2. The largest absolute Gasteiger partial charge is 0.487 e. The van der Waals surface area contributed by atoms with Gasteiger partial charge in [-0.15, -0.1) is 24.0 Å². The third-order valence-electron chi connectivity index (χ3n) is 7.28. The molecule has 1 aliphatic carbocycles. The van der Waals surface area contributed by atoms with E-state index in [0.717, 1.165) is 50.7 Å². The summed E-state index contributed by atoms with van der Waals surface area (Å²) < 4.78 is 12.6. The van der Waals surface area contributed by atoms with Gasteiger partial charge in [-0.2, -0.15) is 0 Å². The van der Waals surface area contributed by atoms with Crippen LogP contribution in [0.2, 0.25) is 0 Å². The highest BCUT2D eigenvalue weighted by molar-refractivity contribution is 14.0. The van der Waals surface area contributed by atoms with Crippen molar-refractivity contribution in [2.24, 2.45) is 4.99 Å². The molecule has 3 fully saturated rings. The van der Waals surface area contributed by atoms with Crippen molar-refractivity contribution in [2.45, 2.75) is 75.7 Å². The summed E-state index contributed by atoms with van der Waals surface area (Å²) in [6, 6.07) is 9.36. The molecule has 1 aromatic rings. The predicted octanol–water partition coefficient (Wildman–Crippen LogP) is 3.86. The van der Waals surface area contributed by atoms with Crippen molar-refractivity contribution in [1.82, 2.24) is 15.5 Å². The molecule has 3 aliphatic heterocycles. The van der Waals surface area contributed by atoms with Gasteiger partial charge in [-0.25, -0.2) is 0 Å². The maximum absolute atomic E-state index is 6.52. The molecule has 0 bridgehead atoms. The van der Waals surface area contributed by atoms with Crippen molar-refractivity contribution in [2.75, 3.05) is 32.8 Å². The monoisotopic (exact) mass is 540 g/mol. The quantitative estimate of drug-likeness (QED) is 0.345. The fourth-order valence-electron chi connectivity index (χ4n) is 5.75. The number of nitrogens with zero attached hydrogens (tertiary/aromatic N) is 2. The van der Waals surface area contributed by atoms with Crippen LogP contribution in [0.5, 0.6) is 5.75 Å². The van der Waals surface area contributed by atoms with Gasteiger partial charge >= 0.3 is 0 Å². The third kappa shape index (κ3) is 5.14. The molecule has 3 unspecified atom stereocenters. The molecule has 4 aliphatic rings. The van der Waals surface area contributed by atoms with Crippen molar-refractivity contribution in [3.05, 3.63) is 29.8 Å². The standard InChI is InChI=1S/C24H36N4O2.HI/c1-2-25-23(26-15-19-16-28-13-7-8-18(28)17-29-19)27-21-14-24(11-5-6-12-24)30-22-10-4-3-9-20(21)22;/h3-4,9-10,18-19,21H,2,5-8,11-17H2,1H3,(H2,25,26,27);1H.